The second kappa shape index (κ2) is 22.0. The van der Waals surface area contributed by atoms with Crippen molar-refractivity contribution in [2.45, 2.75) is 135 Å². The van der Waals surface area contributed by atoms with Gasteiger partial charge in [0.1, 0.15) is 5.75 Å². The Morgan fingerprint density at radius 3 is 2.30 bits per heavy atom. The average Bonchev–Trinajstić information content (AvgIpc) is 3.59. The van der Waals surface area contributed by atoms with E-state index in [1.807, 2.05) is 12.1 Å². The molecule has 0 fully saturated rings. The van der Waals surface area contributed by atoms with Crippen molar-refractivity contribution >= 4 is 44.7 Å². The number of benzene rings is 2. The Hall–Kier alpha value is -3.10. The molecule has 0 spiro atoms. The zero-order chi connectivity index (χ0) is 35.4. The average molecular weight is 706 g/mol. The van der Waals surface area contributed by atoms with E-state index in [4.69, 9.17) is 9.47 Å². The Morgan fingerprint density at radius 1 is 0.840 bits per heavy atom. The molecule has 2 aromatic carbocycles. The molecule has 0 aliphatic carbocycles. The van der Waals surface area contributed by atoms with Crippen molar-refractivity contribution in [1.29, 1.82) is 0 Å². The van der Waals surface area contributed by atoms with Crippen molar-refractivity contribution in [3.05, 3.63) is 53.4 Å². The highest BCUT2D eigenvalue weighted by Gasteiger charge is 2.37. The van der Waals surface area contributed by atoms with Gasteiger partial charge >= 0.3 is 5.97 Å². The molecule has 0 saturated heterocycles. The Balaban J connectivity index is 1.09. The van der Waals surface area contributed by atoms with Gasteiger partial charge in [-0.25, -0.2) is 0 Å². The van der Waals surface area contributed by atoms with E-state index in [-0.39, 0.29) is 24.0 Å². The molecule has 2 heterocycles. The van der Waals surface area contributed by atoms with E-state index in [1.165, 1.54) is 86.4 Å². The largest absolute Gasteiger partial charge is 0.494 e. The molecular formula is C42H63N3O4S. The van der Waals surface area contributed by atoms with Crippen LogP contribution in [0.15, 0.2) is 47.8 Å². The van der Waals surface area contributed by atoms with Crippen LogP contribution in [0.3, 0.4) is 0 Å². The first kappa shape index (κ1) is 39.7. The minimum Gasteiger partial charge on any atom is -0.494 e. The highest BCUT2D eigenvalue weighted by molar-refractivity contribution is 7.17. The number of nitrogens with zero attached hydrogens (tertiary/aromatic N) is 1. The molecule has 0 bridgehead atoms. The van der Waals surface area contributed by atoms with E-state index in [0.717, 1.165) is 62.3 Å². The summed E-state index contributed by atoms with van der Waals surface area (Å²) in [5.74, 6) is 0.474. The Bertz CT molecular complexity index is 1440. The lowest BCUT2D eigenvalue weighted by molar-refractivity contribution is -0.144. The highest BCUT2D eigenvalue weighted by Crippen LogP contribution is 2.42. The number of esters is 1. The third-order valence-electron chi connectivity index (χ3n) is 9.85. The number of rotatable bonds is 26. The van der Waals surface area contributed by atoms with Gasteiger partial charge in [0.2, 0.25) is 5.91 Å². The fraction of sp³-hybridized carbons (Fsp3) is 0.619. The van der Waals surface area contributed by atoms with E-state index in [2.05, 4.69) is 67.1 Å². The molecule has 4 rings (SSSR count). The molecule has 3 aromatic rings. The molecule has 1 aliphatic rings. The van der Waals surface area contributed by atoms with Crippen LogP contribution in [0.25, 0.3) is 10.1 Å². The minimum absolute atomic E-state index is 0.0269. The zero-order valence-corrected chi connectivity index (χ0v) is 32.0. The SMILES string of the molecule is CCCCCCCCCCCCCCCC(=O)OCN1C(=O)CC(C)(C)c2ccc(OCCCCNCCNc3cccc4sccc34)cc21. The summed E-state index contributed by atoms with van der Waals surface area (Å²) in [5, 5.41) is 10.5. The topological polar surface area (TPSA) is 79.9 Å². The summed E-state index contributed by atoms with van der Waals surface area (Å²) in [6.45, 7) is 9.70. The van der Waals surface area contributed by atoms with Crippen molar-refractivity contribution in [3.63, 3.8) is 0 Å². The van der Waals surface area contributed by atoms with E-state index in [1.54, 1.807) is 16.2 Å². The van der Waals surface area contributed by atoms with E-state index < -0.39 is 0 Å². The molecule has 0 unspecified atom stereocenters. The van der Waals surface area contributed by atoms with Crippen LogP contribution in [0.2, 0.25) is 0 Å². The van der Waals surface area contributed by atoms with Crippen LogP contribution >= 0.6 is 11.3 Å². The van der Waals surface area contributed by atoms with Crippen LogP contribution in [-0.4, -0.2) is 44.8 Å². The lowest BCUT2D eigenvalue weighted by atomic mass is 9.77. The van der Waals surface area contributed by atoms with Crippen molar-refractivity contribution in [2.24, 2.45) is 0 Å². The fourth-order valence-corrected chi connectivity index (χ4v) is 7.65. The number of carbonyl (C=O) groups excluding carboxylic acids is 2. The summed E-state index contributed by atoms with van der Waals surface area (Å²) in [5.41, 5.74) is 2.75. The van der Waals surface area contributed by atoms with E-state index >= 15 is 0 Å². The van der Waals surface area contributed by atoms with Crippen LogP contribution in [0, 0.1) is 0 Å². The number of carbonyl (C=O) groups is 2. The van der Waals surface area contributed by atoms with Crippen molar-refractivity contribution in [1.82, 2.24) is 5.32 Å². The standard InChI is InChI=1S/C42H63N3O4S/c1-4-5-6-7-8-9-10-11-12-13-14-15-16-22-41(47)49-33-45-38-31-34(23-24-36(38)42(2,3)32-40(45)46)48-29-18-17-26-43-27-28-44-37-20-19-21-39-35(37)25-30-50-39/h19-21,23-25,30-31,43-44H,4-18,22,26-29,32-33H2,1-3H3. The van der Waals surface area contributed by atoms with Gasteiger partial charge in [0.15, 0.2) is 6.73 Å². The summed E-state index contributed by atoms with van der Waals surface area (Å²) < 4.78 is 13.1. The van der Waals surface area contributed by atoms with Gasteiger partial charge in [0.05, 0.1) is 12.3 Å². The molecule has 8 heteroatoms. The molecule has 0 atom stereocenters. The Kier molecular flexibility index (Phi) is 17.4. The molecule has 276 valence electrons. The predicted molar refractivity (Wildman–Crippen MR) is 211 cm³/mol. The molecule has 50 heavy (non-hydrogen) atoms. The molecule has 0 radical (unpaired) electrons. The fourth-order valence-electron chi connectivity index (χ4n) is 6.84. The van der Waals surface area contributed by atoms with Crippen LogP contribution < -0.4 is 20.3 Å². The summed E-state index contributed by atoms with van der Waals surface area (Å²) in [7, 11) is 0. The smallest absolute Gasteiger partial charge is 0.307 e. The Morgan fingerprint density at radius 2 is 1.56 bits per heavy atom. The van der Waals surface area contributed by atoms with Crippen molar-refractivity contribution in [2.75, 3.05) is 43.2 Å². The first-order chi connectivity index (χ1) is 24.4. The number of unbranched alkanes of at least 4 members (excludes halogenated alkanes) is 13. The number of anilines is 2. The first-order valence-electron chi connectivity index (χ1n) is 19.5. The summed E-state index contributed by atoms with van der Waals surface area (Å²) in [6, 6.07) is 14.6. The maximum Gasteiger partial charge on any atom is 0.307 e. The van der Waals surface area contributed by atoms with Crippen molar-refractivity contribution in [3.8, 4) is 5.75 Å². The van der Waals surface area contributed by atoms with Gasteiger partial charge in [-0.2, -0.15) is 0 Å². The van der Waals surface area contributed by atoms with E-state index in [9.17, 15) is 9.59 Å². The van der Waals surface area contributed by atoms with Crippen molar-refractivity contribution < 1.29 is 19.1 Å². The molecular weight excluding hydrogens is 643 g/mol. The number of thiophene rings is 1. The van der Waals surface area contributed by atoms with Gasteiger partial charge in [-0.3, -0.25) is 14.5 Å². The number of nitrogens with one attached hydrogen (secondary N) is 2. The predicted octanol–water partition coefficient (Wildman–Crippen LogP) is 10.8. The minimum atomic E-state index is -0.295. The highest BCUT2D eigenvalue weighted by atomic mass is 32.1. The van der Waals surface area contributed by atoms with Gasteiger partial charge in [-0.05, 0) is 61.0 Å². The van der Waals surface area contributed by atoms with Gasteiger partial charge in [-0.1, -0.05) is 110 Å². The van der Waals surface area contributed by atoms with Gasteiger partial charge in [0.25, 0.3) is 0 Å². The molecule has 2 N–H and O–H groups in total. The van der Waals surface area contributed by atoms with Gasteiger partial charge < -0.3 is 20.1 Å². The number of fused-ring (bicyclic) bond motifs is 2. The van der Waals surface area contributed by atoms with Crippen LogP contribution in [0.1, 0.15) is 135 Å². The lowest BCUT2D eigenvalue weighted by Crippen LogP contribution is -2.43. The number of hydrogen-bond donors (Lipinski definition) is 2. The normalized spacial score (nSPS) is 13.8. The Labute approximate surface area is 305 Å². The van der Waals surface area contributed by atoms with Crippen LogP contribution in [0.4, 0.5) is 11.4 Å². The van der Waals surface area contributed by atoms with Gasteiger partial charge in [-0.15, -0.1) is 11.3 Å². The third-order valence-corrected chi connectivity index (χ3v) is 10.7. The number of amides is 1. The number of ether oxygens (including phenoxy) is 2. The summed E-state index contributed by atoms with van der Waals surface area (Å²) in [6.07, 6.45) is 19.2. The summed E-state index contributed by atoms with van der Waals surface area (Å²) >= 11 is 1.77. The maximum absolute atomic E-state index is 13.2. The number of hydrogen-bond acceptors (Lipinski definition) is 7. The summed E-state index contributed by atoms with van der Waals surface area (Å²) in [4.78, 5) is 27.4. The molecule has 1 aromatic heterocycles. The molecule has 1 amide bonds. The second-order valence-electron chi connectivity index (χ2n) is 14.6. The molecule has 1 aliphatic heterocycles. The maximum atomic E-state index is 13.2. The monoisotopic (exact) mass is 705 g/mol. The van der Waals surface area contributed by atoms with Gasteiger partial charge in [0, 0.05) is 53.2 Å². The second-order valence-corrected chi connectivity index (χ2v) is 15.5. The molecule has 7 nitrogen and oxygen atoms in total. The van der Waals surface area contributed by atoms with Crippen LogP contribution in [0.5, 0.6) is 5.75 Å². The molecule has 0 saturated carbocycles. The van der Waals surface area contributed by atoms with E-state index in [0.29, 0.717) is 19.4 Å². The third kappa shape index (κ3) is 13.2. The lowest BCUT2D eigenvalue weighted by Gasteiger charge is -2.38. The first-order valence-corrected chi connectivity index (χ1v) is 20.4. The zero-order valence-electron chi connectivity index (χ0n) is 31.2. The van der Waals surface area contributed by atoms with Crippen LogP contribution in [-0.2, 0) is 19.7 Å². The quantitative estimate of drug-likeness (QED) is 0.0639.